The van der Waals surface area contributed by atoms with Gasteiger partial charge in [0.2, 0.25) is 35.4 Å². The van der Waals surface area contributed by atoms with Gasteiger partial charge in [0, 0.05) is 36.6 Å². The number of thioether (sulfide) groups is 1. The van der Waals surface area contributed by atoms with E-state index < -0.39 is 72.1 Å². The first kappa shape index (κ1) is 42.9. The van der Waals surface area contributed by atoms with Crippen molar-refractivity contribution in [1.29, 1.82) is 0 Å². The predicted molar refractivity (Wildman–Crippen MR) is 227 cm³/mol. The quantitative estimate of drug-likeness (QED) is 0.116. The largest absolute Gasteiger partial charge is 0.480 e. The van der Waals surface area contributed by atoms with Crippen molar-refractivity contribution in [3.05, 3.63) is 137 Å². The molecule has 310 valence electrons. The molecule has 0 radical (unpaired) electrons. The molecule has 6 amide bonds. The molecule has 60 heavy (non-hydrogen) atoms. The van der Waals surface area contributed by atoms with E-state index in [1.807, 2.05) is 66.1 Å². The summed E-state index contributed by atoms with van der Waals surface area (Å²) in [5.41, 5.74) is 3.92. The first-order valence-corrected chi connectivity index (χ1v) is 20.5. The summed E-state index contributed by atoms with van der Waals surface area (Å²) >= 11 is 1.53. The summed E-state index contributed by atoms with van der Waals surface area (Å²) in [4.78, 5) is 94.1. The molecule has 0 fully saturated rings. The predicted octanol–water partition coefficient (Wildman–Crippen LogP) is 3.79. The summed E-state index contributed by atoms with van der Waals surface area (Å²) < 4.78 is 0. The molecule has 0 saturated carbocycles. The minimum absolute atomic E-state index is 0.0100. The Morgan fingerprint density at radius 3 is 1.82 bits per heavy atom. The van der Waals surface area contributed by atoms with Gasteiger partial charge in [0.15, 0.2) is 0 Å². The molecule has 3 aliphatic heterocycles. The molecule has 4 aromatic rings. The molecular formula is C45H46N6O8S. The van der Waals surface area contributed by atoms with Crippen LogP contribution < -0.4 is 31.9 Å². The fraction of sp³-hybridized carbons (Fsp3) is 0.267. The van der Waals surface area contributed by atoms with Crippen LogP contribution >= 0.6 is 11.8 Å². The third-order valence-electron chi connectivity index (χ3n) is 10.0. The van der Waals surface area contributed by atoms with Crippen LogP contribution in [0, 0.1) is 0 Å². The molecule has 7 N–H and O–H groups in total. The minimum Gasteiger partial charge on any atom is -0.480 e. The number of fused-ring (bicyclic) bond motifs is 17. The Balaban J connectivity index is 1.36. The van der Waals surface area contributed by atoms with E-state index in [1.54, 1.807) is 30.3 Å². The fourth-order valence-electron chi connectivity index (χ4n) is 6.87. The first-order valence-electron chi connectivity index (χ1n) is 19.6. The number of aliphatic carboxylic acids is 1. The Labute approximate surface area is 351 Å². The molecule has 4 aromatic carbocycles. The Morgan fingerprint density at radius 1 is 0.633 bits per heavy atom. The van der Waals surface area contributed by atoms with Crippen LogP contribution in [0.25, 0.3) is 11.1 Å². The Bertz CT molecular complexity index is 2190. The average molecular weight is 831 g/mol. The number of carbonyl (C=O) groups is 7. The van der Waals surface area contributed by atoms with E-state index in [0.29, 0.717) is 23.2 Å². The van der Waals surface area contributed by atoms with Crippen LogP contribution in [0.15, 0.2) is 121 Å². The molecule has 2 bridgehead atoms. The van der Waals surface area contributed by atoms with Gasteiger partial charge in [-0.2, -0.15) is 0 Å². The van der Waals surface area contributed by atoms with Crippen LogP contribution in [0.5, 0.6) is 0 Å². The summed E-state index contributed by atoms with van der Waals surface area (Å²) in [7, 11) is 0. The highest BCUT2D eigenvalue weighted by atomic mass is 32.2. The summed E-state index contributed by atoms with van der Waals surface area (Å²) in [5.74, 6) is -5.21. The van der Waals surface area contributed by atoms with Gasteiger partial charge >= 0.3 is 5.97 Å². The molecule has 15 heteroatoms. The second-order valence-electron chi connectivity index (χ2n) is 14.5. The lowest BCUT2D eigenvalue weighted by Crippen LogP contribution is -2.58. The highest BCUT2D eigenvalue weighted by Crippen LogP contribution is 2.28. The van der Waals surface area contributed by atoms with Gasteiger partial charge in [-0.25, -0.2) is 0 Å². The molecule has 5 atom stereocenters. The zero-order chi connectivity index (χ0) is 42.4. The van der Waals surface area contributed by atoms with Crippen LogP contribution in [-0.4, -0.2) is 76.4 Å². The maximum atomic E-state index is 14.5. The number of hydrogen-bond acceptors (Lipinski definition) is 8. The van der Waals surface area contributed by atoms with Gasteiger partial charge in [0.05, 0.1) is 0 Å². The van der Waals surface area contributed by atoms with Gasteiger partial charge in [-0.3, -0.25) is 33.6 Å². The lowest BCUT2D eigenvalue weighted by Gasteiger charge is -2.27. The van der Waals surface area contributed by atoms with Gasteiger partial charge in [-0.15, -0.1) is 11.8 Å². The molecule has 7 rings (SSSR count). The highest BCUT2D eigenvalue weighted by molar-refractivity contribution is 8.03. The second-order valence-corrected chi connectivity index (χ2v) is 15.7. The number of benzene rings is 4. The van der Waals surface area contributed by atoms with E-state index in [2.05, 4.69) is 31.9 Å². The lowest BCUT2D eigenvalue weighted by molar-refractivity contribution is -0.138. The molecule has 0 saturated heterocycles. The van der Waals surface area contributed by atoms with Crippen LogP contribution in [0.4, 0.5) is 5.69 Å². The zero-order valence-corrected chi connectivity index (χ0v) is 33.4. The first-order chi connectivity index (χ1) is 29.0. The molecule has 14 nitrogen and oxygen atoms in total. The second kappa shape index (κ2) is 20.8. The third-order valence-corrected chi connectivity index (χ3v) is 11.2. The van der Waals surface area contributed by atoms with Crippen molar-refractivity contribution in [3.8, 4) is 11.1 Å². The Kier molecular flexibility index (Phi) is 14.9. The summed E-state index contributed by atoms with van der Waals surface area (Å²) in [6, 6.07) is 27.2. The van der Waals surface area contributed by atoms with Gasteiger partial charge < -0.3 is 37.0 Å². The number of anilines is 1. The normalized spacial score (nSPS) is 21.5. The van der Waals surface area contributed by atoms with Crippen LogP contribution in [0.3, 0.4) is 0 Å². The molecule has 2 unspecified atom stereocenters. The van der Waals surface area contributed by atoms with Gasteiger partial charge in [0.1, 0.15) is 30.7 Å². The van der Waals surface area contributed by atoms with Crippen molar-refractivity contribution in [3.63, 3.8) is 0 Å². The SMILES string of the molecule is O=C(O)CNC(=O)C1NC(=O)[C@@H](Cc2ccccc2)NC(=O)[C@H](Cc2ccc(-c3ccccc3)cc2)NC(=O)[C@@H](CC2CC=CS2)NC(=O)CCC(=O)Nc2ccc1cc2. The number of amides is 6. The van der Waals surface area contributed by atoms with Crippen molar-refractivity contribution in [2.75, 3.05) is 11.9 Å². The maximum Gasteiger partial charge on any atom is 0.322 e. The molecule has 0 aliphatic carbocycles. The number of allylic oxidation sites excluding steroid dienone is 1. The molecule has 3 aliphatic rings. The summed E-state index contributed by atoms with van der Waals surface area (Å²) in [6.07, 6.45) is 2.48. The topological polar surface area (TPSA) is 212 Å². The van der Waals surface area contributed by atoms with E-state index in [-0.39, 0.29) is 42.9 Å². The smallest absolute Gasteiger partial charge is 0.322 e. The minimum atomic E-state index is -1.41. The van der Waals surface area contributed by atoms with E-state index in [4.69, 9.17) is 0 Å². The van der Waals surface area contributed by atoms with Crippen molar-refractivity contribution in [1.82, 2.24) is 26.6 Å². The Morgan fingerprint density at radius 2 is 1.20 bits per heavy atom. The van der Waals surface area contributed by atoms with E-state index in [9.17, 15) is 38.7 Å². The number of nitrogens with one attached hydrogen (secondary N) is 6. The molecule has 0 spiro atoms. The van der Waals surface area contributed by atoms with Crippen molar-refractivity contribution in [2.45, 2.75) is 67.9 Å². The monoisotopic (exact) mass is 830 g/mol. The van der Waals surface area contributed by atoms with Gasteiger partial charge in [-0.05, 0) is 58.2 Å². The lowest BCUT2D eigenvalue weighted by atomic mass is 9.98. The zero-order valence-electron chi connectivity index (χ0n) is 32.6. The standard InChI is InChI=1S/C45H46N6O8S/c52-38-21-22-39(53)48-37(26-34-12-7-23-60-34)43(57)49-35(25-29-13-15-31(16-14-29)30-10-5-2-6-11-30)42(56)50-36(24-28-8-3-1-4-9-28)44(58)51-41(45(59)46-27-40(54)55)32-17-19-33(47-38)20-18-32/h1-11,13-20,23,34-37,41H,12,21-22,24-27H2,(H,46,59)(H,47,52)(H,48,53)(H,49,57)(H,50,56)(H,51,58)(H,54,55)/t34?,35-,36+,37+,41?/m0/s1. The van der Waals surface area contributed by atoms with Crippen LogP contribution in [0.1, 0.15) is 48.4 Å². The van der Waals surface area contributed by atoms with Crippen LogP contribution in [0.2, 0.25) is 0 Å². The van der Waals surface area contributed by atoms with Gasteiger partial charge in [0.25, 0.3) is 0 Å². The highest BCUT2D eigenvalue weighted by Gasteiger charge is 2.33. The van der Waals surface area contributed by atoms with E-state index in [1.165, 1.54) is 36.0 Å². The number of carbonyl (C=O) groups excluding carboxylic acids is 6. The molecule has 3 heterocycles. The maximum absolute atomic E-state index is 14.5. The molecule has 0 aromatic heterocycles. The number of hydrogen-bond donors (Lipinski definition) is 7. The average Bonchev–Trinajstić information content (AvgIpc) is 3.77. The van der Waals surface area contributed by atoms with Crippen molar-refractivity contribution in [2.24, 2.45) is 0 Å². The summed E-state index contributed by atoms with van der Waals surface area (Å²) in [6.45, 7) is -0.720. The fourth-order valence-corrected chi connectivity index (χ4v) is 7.84. The molecular weight excluding hydrogens is 785 g/mol. The third kappa shape index (κ3) is 12.4. The Hall–Kier alpha value is -6.74. The van der Waals surface area contributed by atoms with Gasteiger partial charge in [-0.1, -0.05) is 103 Å². The number of carboxylic acids is 1. The van der Waals surface area contributed by atoms with Crippen LogP contribution in [-0.2, 0) is 46.4 Å². The summed E-state index contributed by atoms with van der Waals surface area (Å²) in [5, 5.41) is 27.4. The van der Waals surface area contributed by atoms with E-state index in [0.717, 1.165) is 11.1 Å². The van der Waals surface area contributed by atoms with Crippen molar-refractivity contribution < 1.29 is 38.7 Å². The van der Waals surface area contributed by atoms with Crippen molar-refractivity contribution >= 4 is 58.9 Å². The number of rotatable bonds is 10. The van der Waals surface area contributed by atoms with E-state index >= 15 is 0 Å². The number of carboxylic acid groups (broad SMARTS) is 1.